The average Bonchev–Trinajstić information content (AvgIpc) is 2.57. The molecule has 2 N–H and O–H groups in total. The number of ether oxygens (including phenoxy) is 2. The van der Waals surface area contributed by atoms with E-state index >= 15 is 0 Å². The number of rotatable bonds is 4. The largest absolute Gasteiger partial charge is 0.474 e. The highest BCUT2D eigenvalue weighted by atomic mass is 16.5. The maximum Gasteiger partial charge on any atom is 0.404 e. The quantitative estimate of drug-likeness (QED) is 0.861. The number of amides is 1. The van der Waals surface area contributed by atoms with Crippen molar-refractivity contribution < 1.29 is 19.4 Å². The second-order valence-electron chi connectivity index (χ2n) is 5.84. The standard InChI is InChI=1S/C15H22N4O4/c20-15(21)17-11-1-3-12(4-2-11)23-13-5-6-16-14(18-13)19-7-9-22-10-8-19/h5-6,11-12,17H,1-4,7-10H2,(H,20,21). The van der Waals surface area contributed by atoms with Crippen molar-refractivity contribution in [2.45, 2.75) is 37.8 Å². The van der Waals surface area contributed by atoms with Crippen molar-refractivity contribution in [1.82, 2.24) is 15.3 Å². The lowest BCUT2D eigenvalue weighted by molar-refractivity contribution is 0.120. The van der Waals surface area contributed by atoms with Crippen LogP contribution >= 0.6 is 0 Å². The van der Waals surface area contributed by atoms with Gasteiger partial charge in [-0.05, 0) is 25.7 Å². The van der Waals surface area contributed by atoms with E-state index in [1.165, 1.54) is 0 Å². The predicted octanol–water partition coefficient (Wildman–Crippen LogP) is 1.27. The molecule has 1 amide bonds. The number of carbonyl (C=O) groups is 1. The zero-order valence-electron chi connectivity index (χ0n) is 13.0. The van der Waals surface area contributed by atoms with Crippen LogP contribution in [0.4, 0.5) is 10.7 Å². The minimum absolute atomic E-state index is 0.0293. The molecule has 23 heavy (non-hydrogen) atoms. The van der Waals surface area contributed by atoms with Gasteiger partial charge in [0.05, 0.1) is 13.2 Å². The van der Waals surface area contributed by atoms with Crippen molar-refractivity contribution in [2.24, 2.45) is 0 Å². The first-order valence-corrected chi connectivity index (χ1v) is 8.02. The molecule has 1 aliphatic heterocycles. The summed E-state index contributed by atoms with van der Waals surface area (Å²) in [5, 5.41) is 11.3. The van der Waals surface area contributed by atoms with Crippen LogP contribution < -0.4 is 15.0 Å². The van der Waals surface area contributed by atoms with Gasteiger partial charge in [-0.3, -0.25) is 0 Å². The van der Waals surface area contributed by atoms with Crippen LogP contribution in [-0.4, -0.2) is 59.6 Å². The molecule has 126 valence electrons. The average molecular weight is 322 g/mol. The molecule has 1 aromatic heterocycles. The number of hydrogen-bond acceptors (Lipinski definition) is 6. The van der Waals surface area contributed by atoms with Gasteiger partial charge in [0, 0.05) is 31.4 Å². The molecule has 3 rings (SSSR count). The monoisotopic (exact) mass is 322 g/mol. The number of morpholine rings is 1. The first kappa shape index (κ1) is 15.8. The number of nitrogens with one attached hydrogen (secondary N) is 1. The van der Waals surface area contributed by atoms with E-state index in [0.717, 1.165) is 38.8 Å². The number of carboxylic acid groups (broad SMARTS) is 1. The molecule has 2 heterocycles. The van der Waals surface area contributed by atoms with Crippen LogP contribution in [0.1, 0.15) is 25.7 Å². The fourth-order valence-corrected chi connectivity index (χ4v) is 2.98. The molecule has 2 aliphatic rings. The Morgan fingerprint density at radius 3 is 2.74 bits per heavy atom. The zero-order valence-corrected chi connectivity index (χ0v) is 13.0. The second-order valence-corrected chi connectivity index (χ2v) is 5.84. The summed E-state index contributed by atoms with van der Waals surface area (Å²) in [6, 6.07) is 1.80. The molecule has 8 heteroatoms. The van der Waals surface area contributed by atoms with Crippen LogP contribution in [0.25, 0.3) is 0 Å². The summed E-state index contributed by atoms with van der Waals surface area (Å²) in [6.07, 6.45) is 4.06. The van der Waals surface area contributed by atoms with Crippen LogP contribution in [0.15, 0.2) is 12.3 Å². The lowest BCUT2D eigenvalue weighted by Gasteiger charge is -2.29. The zero-order chi connectivity index (χ0) is 16.1. The molecule has 8 nitrogen and oxygen atoms in total. The molecule has 1 saturated carbocycles. The summed E-state index contributed by atoms with van der Waals surface area (Å²) < 4.78 is 11.3. The third-order valence-corrected chi connectivity index (χ3v) is 4.20. The summed E-state index contributed by atoms with van der Waals surface area (Å²) >= 11 is 0. The van der Waals surface area contributed by atoms with E-state index < -0.39 is 6.09 Å². The Hall–Kier alpha value is -2.09. The number of anilines is 1. The summed E-state index contributed by atoms with van der Waals surface area (Å²) in [5.74, 6) is 1.25. The van der Waals surface area contributed by atoms with Gasteiger partial charge in [0.15, 0.2) is 0 Å². The topological polar surface area (TPSA) is 96.8 Å². The molecule has 1 saturated heterocycles. The molecule has 0 atom stereocenters. The molecule has 0 unspecified atom stereocenters. The second kappa shape index (κ2) is 7.45. The number of nitrogens with zero attached hydrogens (tertiary/aromatic N) is 3. The Morgan fingerprint density at radius 2 is 2.04 bits per heavy atom. The maximum atomic E-state index is 10.7. The molecular formula is C15H22N4O4. The van der Waals surface area contributed by atoms with Gasteiger partial charge in [0.25, 0.3) is 0 Å². The molecule has 0 radical (unpaired) electrons. The summed E-state index contributed by atoms with van der Waals surface area (Å²) in [4.78, 5) is 21.5. The minimum Gasteiger partial charge on any atom is -0.474 e. The Bertz CT molecular complexity index is 528. The van der Waals surface area contributed by atoms with E-state index in [2.05, 4.69) is 20.2 Å². The Labute approximate surface area is 134 Å². The van der Waals surface area contributed by atoms with Crippen molar-refractivity contribution in [2.75, 3.05) is 31.2 Å². The molecule has 0 bridgehead atoms. The van der Waals surface area contributed by atoms with Gasteiger partial charge in [0.1, 0.15) is 6.10 Å². The highest BCUT2D eigenvalue weighted by Crippen LogP contribution is 2.23. The lowest BCUT2D eigenvalue weighted by Crippen LogP contribution is -2.39. The van der Waals surface area contributed by atoms with Crippen LogP contribution in [0.2, 0.25) is 0 Å². The fraction of sp³-hybridized carbons (Fsp3) is 0.667. The van der Waals surface area contributed by atoms with Crippen molar-refractivity contribution in [3.05, 3.63) is 12.3 Å². The van der Waals surface area contributed by atoms with Gasteiger partial charge in [0.2, 0.25) is 11.8 Å². The first-order valence-electron chi connectivity index (χ1n) is 8.02. The molecule has 1 aromatic rings. The van der Waals surface area contributed by atoms with Crippen molar-refractivity contribution in [3.8, 4) is 5.88 Å². The summed E-state index contributed by atoms with van der Waals surface area (Å²) in [6.45, 7) is 2.95. The molecule has 1 aliphatic carbocycles. The van der Waals surface area contributed by atoms with E-state index in [9.17, 15) is 4.79 Å². The first-order chi connectivity index (χ1) is 11.2. The van der Waals surface area contributed by atoms with E-state index in [1.807, 2.05) is 0 Å². The number of aromatic nitrogens is 2. The van der Waals surface area contributed by atoms with Gasteiger partial charge in [-0.1, -0.05) is 0 Å². The molecule has 0 spiro atoms. The van der Waals surface area contributed by atoms with Gasteiger partial charge < -0.3 is 24.8 Å². The molecule has 0 aromatic carbocycles. The van der Waals surface area contributed by atoms with Crippen molar-refractivity contribution in [1.29, 1.82) is 0 Å². The van der Waals surface area contributed by atoms with Crippen molar-refractivity contribution >= 4 is 12.0 Å². The van der Waals surface area contributed by atoms with Gasteiger partial charge in [-0.15, -0.1) is 0 Å². The van der Waals surface area contributed by atoms with Gasteiger partial charge in [-0.25, -0.2) is 9.78 Å². The van der Waals surface area contributed by atoms with Crippen LogP contribution in [0.3, 0.4) is 0 Å². The minimum atomic E-state index is -0.958. The Balaban J connectivity index is 1.53. The highest BCUT2D eigenvalue weighted by Gasteiger charge is 2.24. The third-order valence-electron chi connectivity index (χ3n) is 4.20. The van der Waals surface area contributed by atoms with Crippen LogP contribution in [0, 0.1) is 0 Å². The van der Waals surface area contributed by atoms with E-state index in [0.29, 0.717) is 25.0 Å². The normalized spacial score (nSPS) is 25.0. The summed E-state index contributed by atoms with van der Waals surface area (Å²) in [7, 11) is 0. The van der Waals surface area contributed by atoms with E-state index in [-0.39, 0.29) is 12.1 Å². The number of hydrogen-bond donors (Lipinski definition) is 2. The van der Waals surface area contributed by atoms with E-state index in [1.54, 1.807) is 12.3 Å². The SMILES string of the molecule is O=C(O)NC1CCC(Oc2ccnc(N3CCOCC3)n2)CC1. The highest BCUT2D eigenvalue weighted by molar-refractivity contribution is 5.64. The maximum absolute atomic E-state index is 10.7. The van der Waals surface area contributed by atoms with Crippen LogP contribution in [0.5, 0.6) is 5.88 Å². The third kappa shape index (κ3) is 4.44. The van der Waals surface area contributed by atoms with Gasteiger partial charge >= 0.3 is 6.09 Å². The lowest BCUT2D eigenvalue weighted by atomic mass is 9.93. The van der Waals surface area contributed by atoms with E-state index in [4.69, 9.17) is 14.6 Å². The van der Waals surface area contributed by atoms with Crippen LogP contribution in [-0.2, 0) is 4.74 Å². The Morgan fingerprint density at radius 1 is 1.30 bits per heavy atom. The Kier molecular flexibility index (Phi) is 5.12. The van der Waals surface area contributed by atoms with Gasteiger partial charge in [-0.2, -0.15) is 4.98 Å². The molecule has 2 fully saturated rings. The van der Waals surface area contributed by atoms with Crippen molar-refractivity contribution in [3.63, 3.8) is 0 Å². The smallest absolute Gasteiger partial charge is 0.404 e. The predicted molar refractivity (Wildman–Crippen MR) is 82.9 cm³/mol. The molecular weight excluding hydrogens is 300 g/mol. The summed E-state index contributed by atoms with van der Waals surface area (Å²) in [5.41, 5.74) is 0. The fourth-order valence-electron chi connectivity index (χ4n) is 2.98.